The summed E-state index contributed by atoms with van der Waals surface area (Å²) in [4.78, 5) is 31.1. The molecule has 19 heavy (non-hydrogen) atoms. The third-order valence-electron chi connectivity index (χ3n) is 2.97. The Hall–Kier alpha value is -1.63. The van der Waals surface area contributed by atoms with Crippen LogP contribution in [0.25, 0.3) is 0 Å². The summed E-state index contributed by atoms with van der Waals surface area (Å²) in [7, 11) is 0. The first kappa shape index (κ1) is 13.8. The number of piperazine rings is 1. The Balaban J connectivity index is 1.79. The molecule has 1 saturated heterocycles. The van der Waals surface area contributed by atoms with Gasteiger partial charge in [0.05, 0.1) is 24.2 Å². The lowest BCUT2D eigenvalue weighted by molar-refractivity contribution is -0.132. The molecule has 104 valence electrons. The average Bonchev–Trinajstić information content (AvgIpc) is 2.92. The van der Waals surface area contributed by atoms with E-state index in [1.165, 1.54) is 11.3 Å². The molecule has 7 heteroatoms. The van der Waals surface area contributed by atoms with Crippen molar-refractivity contribution in [3.63, 3.8) is 0 Å². The highest BCUT2D eigenvalue weighted by Crippen LogP contribution is 2.08. The topological polar surface area (TPSA) is 62.7 Å². The minimum absolute atomic E-state index is 0.0643. The van der Waals surface area contributed by atoms with E-state index in [1.54, 1.807) is 22.2 Å². The zero-order chi connectivity index (χ0) is 13.7. The van der Waals surface area contributed by atoms with Crippen LogP contribution in [-0.2, 0) is 16.0 Å². The van der Waals surface area contributed by atoms with Gasteiger partial charge in [0, 0.05) is 31.6 Å². The minimum atomic E-state index is -0.297. The zero-order valence-corrected chi connectivity index (χ0v) is 11.7. The molecule has 2 heterocycles. The number of amides is 2. The number of ether oxygens (including phenoxy) is 1. The maximum Gasteiger partial charge on any atom is 0.409 e. The number of carbonyl (C=O) groups is 2. The van der Waals surface area contributed by atoms with Gasteiger partial charge >= 0.3 is 6.09 Å². The van der Waals surface area contributed by atoms with Gasteiger partial charge < -0.3 is 14.5 Å². The van der Waals surface area contributed by atoms with Crippen LogP contribution in [0.1, 0.15) is 12.6 Å². The largest absolute Gasteiger partial charge is 0.450 e. The lowest BCUT2D eigenvalue weighted by Gasteiger charge is -2.34. The van der Waals surface area contributed by atoms with E-state index < -0.39 is 0 Å². The minimum Gasteiger partial charge on any atom is -0.450 e. The second kappa shape index (κ2) is 6.51. The van der Waals surface area contributed by atoms with Crippen LogP contribution in [-0.4, -0.2) is 59.6 Å². The summed E-state index contributed by atoms with van der Waals surface area (Å²) >= 11 is 1.49. The molecule has 2 rings (SSSR count). The van der Waals surface area contributed by atoms with Crippen molar-refractivity contribution in [1.82, 2.24) is 14.8 Å². The number of nitrogens with zero attached hydrogens (tertiary/aromatic N) is 3. The molecular weight excluding hydrogens is 266 g/mol. The monoisotopic (exact) mass is 283 g/mol. The Kier molecular flexibility index (Phi) is 4.73. The van der Waals surface area contributed by atoms with Crippen LogP contribution in [0.4, 0.5) is 4.79 Å². The molecule has 0 atom stereocenters. The summed E-state index contributed by atoms with van der Waals surface area (Å²) in [6.07, 6.45) is 0.0391. The molecule has 0 aromatic carbocycles. The van der Waals surface area contributed by atoms with E-state index in [0.29, 0.717) is 39.2 Å². The molecular formula is C12H17N3O3S. The lowest BCUT2D eigenvalue weighted by Crippen LogP contribution is -2.51. The fraction of sp³-hybridized carbons (Fsp3) is 0.583. The predicted molar refractivity (Wildman–Crippen MR) is 71.0 cm³/mol. The Morgan fingerprint density at radius 2 is 2.00 bits per heavy atom. The van der Waals surface area contributed by atoms with Gasteiger partial charge in [-0.25, -0.2) is 9.78 Å². The molecule has 0 bridgehead atoms. The molecule has 0 spiro atoms. The Morgan fingerprint density at radius 3 is 2.58 bits per heavy atom. The average molecular weight is 283 g/mol. The Morgan fingerprint density at radius 1 is 1.32 bits per heavy atom. The van der Waals surface area contributed by atoms with Gasteiger partial charge in [-0.3, -0.25) is 4.79 Å². The highest BCUT2D eigenvalue weighted by Gasteiger charge is 2.24. The van der Waals surface area contributed by atoms with Crippen molar-refractivity contribution in [2.24, 2.45) is 0 Å². The van der Waals surface area contributed by atoms with Crippen molar-refractivity contribution < 1.29 is 14.3 Å². The summed E-state index contributed by atoms with van der Waals surface area (Å²) in [6.45, 7) is 4.33. The van der Waals surface area contributed by atoms with E-state index in [4.69, 9.17) is 4.74 Å². The van der Waals surface area contributed by atoms with E-state index in [0.717, 1.165) is 5.69 Å². The van der Waals surface area contributed by atoms with E-state index in [9.17, 15) is 9.59 Å². The fourth-order valence-corrected chi connectivity index (χ4v) is 2.50. The molecule has 0 aliphatic carbocycles. The molecule has 2 amide bonds. The van der Waals surface area contributed by atoms with Crippen LogP contribution in [0, 0.1) is 0 Å². The highest BCUT2D eigenvalue weighted by molar-refractivity contribution is 7.07. The Labute approximate surface area is 116 Å². The van der Waals surface area contributed by atoms with E-state index in [2.05, 4.69) is 4.98 Å². The number of rotatable bonds is 3. The van der Waals surface area contributed by atoms with E-state index in [-0.39, 0.29) is 12.0 Å². The second-order valence-electron chi connectivity index (χ2n) is 4.22. The second-order valence-corrected chi connectivity index (χ2v) is 4.94. The molecule has 0 N–H and O–H groups in total. The van der Waals surface area contributed by atoms with Gasteiger partial charge in [-0.15, -0.1) is 11.3 Å². The normalized spacial score (nSPS) is 15.4. The van der Waals surface area contributed by atoms with Crippen LogP contribution in [0.15, 0.2) is 10.9 Å². The first-order valence-corrected chi connectivity index (χ1v) is 7.21. The van der Waals surface area contributed by atoms with Gasteiger partial charge in [0.15, 0.2) is 0 Å². The summed E-state index contributed by atoms with van der Waals surface area (Å²) in [5.41, 5.74) is 2.53. The molecule has 1 fully saturated rings. The smallest absolute Gasteiger partial charge is 0.409 e. The van der Waals surface area contributed by atoms with Crippen LogP contribution >= 0.6 is 11.3 Å². The summed E-state index contributed by atoms with van der Waals surface area (Å²) < 4.78 is 4.94. The first-order chi connectivity index (χ1) is 9.20. The summed E-state index contributed by atoms with van der Waals surface area (Å²) in [6, 6.07) is 0. The predicted octanol–water partition coefficient (Wildman–Crippen LogP) is 0.986. The van der Waals surface area contributed by atoms with Crippen molar-refractivity contribution >= 4 is 23.3 Å². The van der Waals surface area contributed by atoms with E-state index >= 15 is 0 Å². The number of hydrogen-bond donors (Lipinski definition) is 0. The quantitative estimate of drug-likeness (QED) is 0.830. The van der Waals surface area contributed by atoms with Gasteiger partial charge in [-0.05, 0) is 6.92 Å². The third kappa shape index (κ3) is 3.66. The molecule has 1 aromatic rings. The number of thiazole rings is 1. The Bertz CT molecular complexity index is 427. The fourth-order valence-electron chi connectivity index (χ4n) is 1.94. The number of hydrogen-bond acceptors (Lipinski definition) is 5. The maximum absolute atomic E-state index is 12.0. The van der Waals surface area contributed by atoms with Crippen molar-refractivity contribution in [3.8, 4) is 0 Å². The maximum atomic E-state index is 12.0. The van der Waals surface area contributed by atoms with Crippen LogP contribution in [0.5, 0.6) is 0 Å². The van der Waals surface area contributed by atoms with Crippen LogP contribution in [0.3, 0.4) is 0 Å². The molecule has 6 nitrogen and oxygen atoms in total. The molecule has 1 aliphatic heterocycles. The molecule has 0 saturated carbocycles. The van der Waals surface area contributed by atoms with Crippen molar-refractivity contribution in [3.05, 3.63) is 16.6 Å². The molecule has 0 unspecified atom stereocenters. The van der Waals surface area contributed by atoms with Gasteiger partial charge in [-0.2, -0.15) is 0 Å². The first-order valence-electron chi connectivity index (χ1n) is 6.27. The third-order valence-corrected chi connectivity index (χ3v) is 3.61. The van der Waals surface area contributed by atoms with E-state index in [1.807, 2.05) is 5.38 Å². The zero-order valence-electron chi connectivity index (χ0n) is 10.9. The summed E-state index contributed by atoms with van der Waals surface area (Å²) in [5, 5.41) is 1.88. The summed E-state index contributed by atoms with van der Waals surface area (Å²) in [5.74, 6) is 0.0643. The van der Waals surface area contributed by atoms with Gasteiger partial charge in [0.1, 0.15) is 0 Å². The van der Waals surface area contributed by atoms with Gasteiger partial charge in [0.2, 0.25) is 5.91 Å². The standard InChI is InChI=1S/C12H17N3O3S/c1-2-18-12(17)15-5-3-14(4-6-15)11(16)7-10-8-19-9-13-10/h8-9H,2-7H2,1H3. The molecule has 1 aromatic heterocycles. The lowest BCUT2D eigenvalue weighted by atomic mass is 10.2. The van der Waals surface area contributed by atoms with Crippen molar-refractivity contribution in [2.75, 3.05) is 32.8 Å². The van der Waals surface area contributed by atoms with Crippen molar-refractivity contribution in [1.29, 1.82) is 0 Å². The van der Waals surface area contributed by atoms with Gasteiger partial charge in [0.25, 0.3) is 0 Å². The van der Waals surface area contributed by atoms with Crippen LogP contribution in [0.2, 0.25) is 0 Å². The molecule has 0 radical (unpaired) electrons. The highest BCUT2D eigenvalue weighted by atomic mass is 32.1. The number of aromatic nitrogens is 1. The molecule has 1 aliphatic rings. The van der Waals surface area contributed by atoms with Gasteiger partial charge in [-0.1, -0.05) is 0 Å². The van der Waals surface area contributed by atoms with Crippen LogP contribution < -0.4 is 0 Å². The SMILES string of the molecule is CCOC(=O)N1CCN(C(=O)Cc2cscn2)CC1. The van der Waals surface area contributed by atoms with Crippen molar-refractivity contribution in [2.45, 2.75) is 13.3 Å². The number of carbonyl (C=O) groups excluding carboxylic acids is 2.